The van der Waals surface area contributed by atoms with Crippen LogP contribution in [0.3, 0.4) is 0 Å². The summed E-state index contributed by atoms with van der Waals surface area (Å²) in [5.74, 6) is 0.627. The Hall–Kier alpha value is -0.860. The highest BCUT2D eigenvalue weighted by atomic mass is 16.5. The maximum atomic E-state index is 4.78. The molecule has 0 aliphatic heterocycles. The molecule has 1 aromatic heterocycles. The molecule has 1 heterocycles. The molecule has 0 spiro atoms. The van der Waals surface area contributed by atoms with Crippen LogP contribution in [0.5, 0.6) is 0 Å². The molecular formula is C6H9N2O. The predicted octanol–water partition coefficient (Wildman–Crippen LogP) is 1.17. The van der Waals surface area contributed by atoms with E-state index in [2.05, 4.69) is 16.5 Å². The fraction of sp³-hybridized carbons (Fsp3) is 0.667. The van der Waals surface area contributed by atoms with Crippen molar-refractivity contribution >= 4 is 0 Å². The highest BCUT2D eigenvalue weighted by Crippen LogP contribution is 2.17. The molecule has 1 radical (unpaired) electrons. The van der Waals surface area contributed by atoms with Crippen molar-refractivity contribution in [2.24, 2.45) is 0 Å². The van der Waals surface area contributed by atoms with Crippen molar-refractivity contribution in [1.82, 2.24) is 10.1 Å². The van der Waals surface area contributed by atoms with Gasteiger partial charge in [0.15, 0.2) is 0 Å². The summed E-state index contributed by atoms with van der Waals surface area (Å²) in [6.07, 6.45) is 2.37. The van der Waals surface area contributed by atoms with Crippen LogP contribution in [0.25, 0.3) is 0 Å². The van der Waals surface area contributed by atoms with Gasteiger partial charge in [-0.15, -0.1) is 0 Å². The van der Waals surface area contributed by atoms with Crippen LogP contribution in [0, 0.1) is 6.33 Å². The quantitative estimate of drug-likeness (QED) is 0.522. The van der Waals surface area contributed by atoms with Crippen LogP contribution >= 0.6 is 0 Å². The zero-order valence-electron chi connectivity index (χ0n) is 5.80. The monoisotopic (exact) mass is 125 g/mol. The molecule has 0 N–H and O–H groups in total. The molecule has 9 heavy (non-hydrogen) atoms. The summed E-state index contributed by atoms with van der Waals surface area (Å²) in [5, 5.41) is 3.38. The average Bonchev–Trinajstić information content (AvgIpc) is 2.08. The van der Waals surface area contributed by atoms with Gasteiger partial charge in [0.1, 0.15) is 0 Å². The molecule has 0 fully saturated rings. The second-order valence-electron chi connectivity index (χ2n) is 2.95. The molecule has 3 heteroatoms. The summed E-state index contributed by atoms with van der Waals surface area (Å²) >= 11 is 0. The van der Waals surface area contributed by atoms with Crippen molar-refractivity contribution in [2.75, 3.05) is 0 Å². The summed E-state index contributed by atoms with van der Waals surface area (Å²) < 4.78 is 4.78. The first-order valence-corrected chi connectivity index (χ1v) is 2.81. The van der Waals surface area contributed by atoms with Crippen LogP contribution in [0.15, 0.2) is 4.52 Å². The van der Waals surface area contributed by atoms with E-state index in [1.54, 1.807) is 0 Å². The number of hydrogen-bond donors (Lipinski definition) is 0. The lowest BCUT2D eigenvalue weighted by Crippen LogP contribution is -2.10. The van der Waals surface area contributed by atoms with Gasteiger partial charge in [0.05, 0.1) is 0 Å². The Morgan fingerprint density at radius 3 is 2.33 bits per heavy atom. The normalized spacial score (nSPS) is 11.9. The van der Waals surface area contributed by atoms with Crippen LogP contribution in [-0.2, 0) is 5.41 Å². The van der Waals surface area contributed by atoms with Crippen molar-refractivity contribution in [2.45, 2.75) is 26.2 Å². The number of rotatable bonds is 0. The highest BCUT2D eigenvalue weighted by Gasteiger charge is 2.19. The van der Waals surface area contributed by atoms with Gasteiger partial charge in [0.2, 0.25) is 12.2 Å². The molecule has 0 aromatic carbocycles. The first-order valence-electron chi connectivity index (χ1n) is 2.81. The van der Waals surface area contributed by atoms with Crippen LogP contribution < -0.4 is 0 Å². The molecule has 3 nitrogen and oxygen atoms in total. The summed E-state index contributed by atoms with van der Waals surface area (Å²) in [7, 11) is 0. The molecule has 0 aliphatic carbocycles. The smallest absolute Gasteiger partial charge is 0.243 e. The standard InChI is InChI=1S/C6H9N2O/c1-6(2,3)5-7-4-8-9-5/h1-3H3. The summed E-state index contributed by atoms with van der Waals surface area (Å²) in [5.41, 5.74) is -0.0486. The van der Waals surface area contributed by atoms with E-state index < -0.39 is 0 Å². The molecule has 0 saturated carbocycles. The molecule has 1 rings (SSSR count). The Bertz CT molecular complexity index is 173. The first-order chi connectivity index (χ1) is 4.11. The summed E-state index contributed by atoms with van der Waals surface area (Å²) in [6.45, 7) is 6.02. The Morgan fingerprint density at radius 2 is 2.11 bits per heavy atom. The van der Waals surface area contributed by atoms with Crippen molar-refractivity contribution in [3.05, 3.63) is 12.2 Å². The van der Waals surface area contributed by atoms with E-state index in [1.165, 1.54) is 0 Å². The topological polar surface area (TPSA) is 38.9 Å². The third-order valence-corrected chi connectivity index (χ3v) is 0.966. The Morgan fingerprint density at radius 1 is 1.44 bits per heavy atom. The fourth-order valence-electron chi connectivity index (χ4n) is 0.455. The second kappa shape index (κ2) is 1.83. The maximum absolute atomic E-state index is 4.78. The Kier molecular flexibility index (Phi) is 1.27. The molecule has 0 saturated heterocycles. The average molecular weight is 125 g/mol. The lowest BCUT2D eigenvalue weighted by molar-refractivity contribution is 0.320. The molecular weight excluding hydrogens is 116 g/mol. The van der Waals surface area contributed by atoms with Gasteiger partial charge >= 0.3 is 0 Å². The van der Waals surface area contributed by atoms with E-state index in [-0.39, 0.29) is 5.41 Å². The zero-order valence-corrected chi connectivity index (χ0v) is 5.80. The van der Waals surface area contributed by atoms with Gasteiger partial charge in [0, 0.05) is 5.41 Å². The van der Waals surface area contributed by atoms with Gasteiger partial charge in [0.25, 0.3) is 0 Å². The largest absolute Gasteiger partial charge is 0.338 e. The number of nitrogens with zero attached hydrogens (tertiary/aromatic N) is 2. The summed E-state index contributed by atoms with van der Waals surface area (Å²) in [6, 6.07) is 0. The van der Waals surface area contributed by atoms with E-state index in [4.69, 9.17) is 4.52 Å². The Labute approximate surface area is 54.1 Å². The lowest BCUT2D eigenvalue weighted by Gasteiger charge is -2.09. The predicted molar refractivity (Wildman–Crippen MR) is 31.8 cm³/mol. The van der Waals surface area contributed by atoms with Crippen molar-refractivity contribution < 1.29 is 4.52 Å². The minimum absolute atomic E-state index is 0.0486. The van der Waals surface area contributed by atoms with E-state index in [0.29, 0.717) is 5.89 Å². The summed E-state index contributed by atoms with van der Waals surface area (Å²) in [4.78, 5) is 3.78. The minimum atomic E-state index is -0.0486. The zero-order chi connectivity index (χ0) is 6.91. The fourth-order valence-corrected chi connectivity index (χ4v) is 0.455. The van der Waals surface area contributed by atoms with Crippen LogP contribution in [0.1, 0.15) is 26.7 Å². The molecule has 1 aromatic rings. The van der Waals surface area contributed by atoms with E-state index in [1.807, 2.05) is 20.8 Å². The van der Waals surface area contributed by atoms with Gasteiger partial charge in [-0.2, -0.15) is 4.98 Å². The number of hydrogen-bond acceptors (Lipinski definition) is 3. The molecule has 0 bridgehead atoms. The van der Waals surface area contributed by atoms with Gasteiger partial charge in [-0.25, -0.2) is 0 Å². The Balaban J connectivity index is 2.90. The van der Waals surface area contributed by atoms with E-state index >= 15 is 0 Å². The van der Waals surface area contributed by atoms with Crippen molar-refractivity contribution in [1.29, 1.82) is 0 Å². The van der Waals surface area contributed by atoms with E-state index in [0.717, 1.165) is 0 Å². The minimum Gasteiger partial charge on any atom is -0.338 e. The van der Waals surface area contributed by atoms with Gasteiger partial charge < -0.3 is 4.52 Å². The number of aromatic nitrogens is 2. The van der Waals surface area contributed by atoms with Crippen LogP contribution in [-0.4, -0.2) is 10.1 Å². The highest BCUT2D eigenvalue weighted by molar-refractivity contribution is 4.92. The van der Waals surface area contributed by atoms with Gasteiger partial charge in [-0.05, 0) is 0 Å². The molecule has 0 atom stereocenters. The van der Waals surface area contributed by atoms with Crippen molar-refractivity contribution in [3.8, 4) is 0 Å². The third-order valence-electron chi connectivity index (χ3n) is 0.966. The second-order valence-corrected chi connectivity index (χ2v) is 2.95. The first kappa shape index (κ1) is 6.26. The van der Waals surface area contributed by atoms with Crippen LogP contribution in [0.4, 0.5) is 0 Å². The molecule has 0 aliphatic rings. The lowest BCUT2D eigenvalue weighted by atomic mass is 9.97. The molecule has 49 valence electrons. The molecule has 0 amide bonds. The third kappa shape index (κ3) is 1.28. The van der Waals surface area contributed by atoms with Gasteiger partial charge in [-0.3, -0.25) is 0 Å². The maximum Gasteiger partial charge on any atom is 0.243 e. The molecule has 0 unspecified atom stereocenters. The SMILES string of the molecule is CC(C)(C)c1n[c]no1. The van der Waals surface area contributed by atoms with Crippen LogP contribution in [0.2, 0.25) is 0 Å². The van der Waals surface area contributed by atoms with Crippen molar-refractivity contribution in [3.63, 3.8) is 0 Å². The van der Waals surface area contributed by atoms with E-state index in [9.17, 15) is 0 Å². The van der Waals surface area contributed by atoms with Gasteiger partial charge in [-0.1, -0.05) is 25.9 Å².